The molecule has 0 aliphatic carbocycles. The number of hydrogen-bond donors (Lipinski definition) is 2. The van der Waals surface area contributed by atoms with Crippen molar-refractivity contribution in [2.75, 3.05) is 6.54 Å². The van der Waals surface area contributed by atoms with Gasteiger partial charge in [0.1, 0.15) is 4.58 Å². The van der Waals surface area contributed by atoms with E-state index in [1.165, 1.54) is 4.90 Å². The number of rotatable bonds is 3. The number of thioether (sulfide) groups is 1. The summed E-state index contributed by atoms with van der Waals surface area (Å²) in [6.45, 7) is 0.448. The van der Waals surface area contributed by atoms with Crippen LogP contribution in [0.4, 0.5) is 4.79 Å². The van der Waals surface area contributed by atoms with Gasteiger partial charge in [-0.15, -0.1) is 24.6 Å². The molecule has 0 aromatic rings. The molecule has 0 spiro atoms. The number of likely N-dealkylation sites (tertiary alicyclic amines) is 1. The number of nitriles is 1. The van der Waals surface area contributed by atoms with Gasteiger partial charge in [-0.05, 0) is 0 Å². The van der Waals surface area contributed by atoms with Crippen molar-refractivity contribution in [2.24, 2.45) is 0 Å². The third-order valence-electron chi connectivity index (χ3n) is 2.03. The molecule has 18 heavy (non-hydrogen) atoms. The quantitative estimate of drug-likeness (QED) is 0.286. The molecule has 0 aromatic heterocycles. The van der Waals surface area contributed by atoms with Crippen molar-refractivity contribution in [3.05, 3.63) is 6.42 Å². The summed E-state index contributed by atoms with van der Waals surface area (Å²) < 4.78 is -1.08. The van der Waals surface area contributed by atoms with Crippen LogP contribution in [0.2, 0.25) is 0 Å². The minimum absolute atomic E-state index is 0. The average molecular weight is 471 g/mol. The first-order valence-corrected chi connectivity index (χ1v) is 7.57. The van der Waals surface area contributed by atoms with Crippen molar-refractivity contribution in [1.29, 1.82) is 5.26 Å². The second kappa shape index (κ2) is 11.8. The van der Waals surface area contributed by atoms with Gasteiger partial charge < -0.3 is 11.3 Å². The van der Waals surface area contributed by atoms with E-state index in [2.05, 4.69) is 30.4 Å². The molecule has 10 heteroatoms. The number of thiol groups is 2. The molecule has 94 valence electrons. The Kier molecular flexibility index (Phi) is 14.8. The van der Waals surface area contributed by atoms with E-state index in [-0.39, 0.29) is 71.3 Å². The van der Waals surface area contributed by atoms with Crippen LogP contribution in [0.15, 0.2) is 0 Å². The minimum atomic E-state index is -0.643. The third-order valence-corrected chi connectivity index (χ3v) is 4.99. The summed E-state index contributed by atoms with van der Waals surface area (Å²) >= 11 is 8.36. The van der Waals surface area contributed by atoms with Crippen LogP contribution in [0.3, 0.4) is 0 Å². The van der Waals surface area contributed by atoms with Gasteiger partial charge in [-0.25, -0.2) is 0 Å². The summed E-state index contributed by atoms with van der Waals surface area (Å²) in [6.07, 6.45) is 2.45. The maximum Gasteiger partial charge on any atom is 0.245 e. The first-order valence-electron chi connectivity index (χ1n) is 4.31. The van der Waals surface area contributed by atoms with Gasteiger partial charge in [-0.1, -0.05) is 35.2 Å². The zero-order chi connectivity index (χ0) is 12.1. The smallest absolute Gasteiger partial charge is 0.245 e. The van der Waals surface area contributed by atoms with E-state index in [4.69, 9.17) is 5.26 Å². The Balaban J connectivity index is 0. The van der Waals surface area contributed by atoms with Crippen LogP contribution in [0.5, 0.6) is 0 Å². The van der Waals surface area contributed by atoms with Gasteiger partial charge in [-0.3, -0.25) is 9.59 Å². The topological polar surface area (TPSA) is 61.2 Å². The Morgan fingerprint density at radius 3 is 2.56 bits per heavy atom. The molecule has 1 aliphatic rings. The monoisotopic (exact) mass is 471 g/mol. The summed E-state index contributed by atoms with van der Waals surface area (Å²) in [7, 11) is 0.979. The predicted octanol–water partition coefficient (Wildman–Crippen LogP) is 2.00. The molecule has 2 unspecified atom stereocenters. The Morgan fingerprint density at radius 2 is 2.11 bits per heavy atom. The van der Waals surface area contributed by atoms with E-state index in [9.17, 15) is 9.59 Å². The minimum Gasteiger partial charge on any atom is -0.357 e. The number of amides is 1. The molecule has 1 amide bonds. The summed E-state index contributed by atoms with van der Waals surface area (Å²) in [5, 5.41) is 8.84. The fraction of sp³-hybridized carbons (Fsp3) is 0.500. The second-order valence-electron chi connectivity index (χ2n) is 2.98. The SMILES string of the molecule is N#CC1C[CH-]CN1C(=O)C(SS)SC(=O)S.[Y].[Y]. The molecular formula is C8H9N2O2S4Y2-. The summed E-state index contributed by atoms with van der Waals surface area (Å²) in [6, 6.07) is 1.63. The maximum absolute atomic E-state index is 12.0. The van der Waals surface area contributed by atoms with Crippen LogP contribution in [-0.2, 0) is 70.2 Å². The summed E-state index contributed by atoms with van der Waals surface area (Å²) in [5.41, 5.74) is 0. The standard InChI is InChI=1S/C8H9N2O2S4.2Y/c9-4-5-2-1-3-10(5)6(11)7(16-14)15-8(12)13;;/h1,5,7,14H,2-3H2,(H,12,13);;/q-1;;. The fourth-order valence-corrected chi connectivity index (χ4v) is 3.60. The van der Waals surface area contributed by atoms with Gasteiger partial charge in [0.15, 0.2) is 0 Å². The van der Waals surface area contributed by atoms with Crippen LogP contribution in [0.25, 0.3) is 0 Å². The number of carbonyl (C=O) groups is 2. The summed E-state index contributed by atoms with van der Waals surface area (Å²) in [5.74, 6) is -0.257. The predicted molar refractivity (Wildman–Crippen MR) is 72.4 cm³/mol. The molecule has 2 radical (unpaired) electrons. The molecule has 1 saturated heterocycles. The van der Waals surface area contributed by atoms with Crippen molar-refractivity contribution in [3.8, 4) is 6.07 Å². The van der Waals surface area contributed by atoms with E-state index in [1.807, 2.05) is 6.42 Å². The number of carbonyl (C=O) groups excluding carboxylic acids is 2. The van der Waals surface area contributed by atoms with Crippen LogP contribution >= 0.6 is 46.8 Å². The first-order chi connectivity index (χ1) is 7.60. The molecule has 1 heterocycles. The van der Waals surface area contributed by atoms with Crippen LogP contribution < -0.4 is 0 Å². The van der Waals surface area contributed by atoms with E-state index < -0.39 is 15.1 Å². The molecule has 1 fully saturated rings. The molecular weight excluding hydrogens is 462 g/mol. The largest absolute Gasteiger partial charge is 0.357 e. The molecule has 2 atom stereocenters. The average Bonchev–Trinajstić information content (AvgIpc) is 2.72. The van der Waals surface area contributed by atoms with Gasteiger partial charge in [-0.2, -0.15) is 5.26 Å². The van der Waals surface area contributed by atoms with E-state index in [0.717, 1.165) is 22.6 Å². The normalized spacial score (nSPS) is 19.2. The van der Waals surface area contributed by atoms with Gasteiger partial charge in [0, 0.05) is 65.4 Å². The Labute approximate surface area is 175 Å². The number of nitrogens with zero attached hydrogens (tertiary/aromatic N) is 2. The molecule has 0 bridgehead atoms. The molecule has 4 nitrogen and oxygen atoms in total. The van der Waals surface area contributed by atoms with Gasteiger partial charge in [0.2, 0.25) is 10.4 Å². The number of hydrogen-bond acceptors (Lipinski definition) is 6. The Morgan fingerprint density at radius 1 is 1.50 bits per heavy atom. The zero-order valence-corrected chi connectivity index (χ0v) is 18.3. The third kappa shape index (κ3) is 6.80. The Bertz CT molecular complexity index is 340. The van der Waals surface area contributed by atoms with E-state index >= 15 is 0 Å². The molecule has 0 saturated carbocycles. The second-order valence-corrected chi connectivity index (χ2v) is 6.38. The molecule has 0 N–H and O–H groups in total. The fourth-order valence-electron chi connectivity index (χ4n) is 1.34. The van der Waals surface area contributed by atoms with Crippen LogP contribution in [0.1, 0.15) is 6.42 Å². The molecule has 0 aromatic carbocycles. The van der Waals surface area contributed by atoms with Gasteiger partial charge in [0.25, 0.3) is 0 Å². The molecule has 1 rings (SSSR count). The first kappa shape index (κ1) is 22.5. The van der Waals surface area contributed by atoms with Crippen molar-refractivity contribution in [1.82, 2.24) is 4.90 Å². The Hall–Kier alpha value is 2.24. The molecule has 1 aliphatic heterocycles. The van der Waals surface area contributed by atoms with Gasteiger partial charge in [0.05, 0.1) is 12.1 Å². The van der Waals surface area contributed by atoms with Crippen LogP contribution in [-0.4, -0.2) is 32.4 Å². The van der Waals surface area contributed by atoms with Crippen molar-refractivity contribution >= 4 is 57.2 Å². The van der Waals surface area contributed by atoms with Crippen LogP contribution in [0, 0.1) is 17.8 Å². The van der Waals surface area contributed by atoms with E-state index in [1.54, 1.807) is 0 Å². The van der Waals surface area contributed by atoms with Gasteiger partial charge >= 0.3 is 0 Å². The van der Waals surface area contributed by atoms with Crippen molar-refractivity contribution in [2.45, 2.75) is 17.0 Å². The van der Waals surface area contributed by atoms with E-state index in [0.29, 0.717) is 13.0 Å². The van der Waals surface area contributed by atoms with Crippen molar-refractivity contribution < 1.29 is 75.0 Å². The zero-order valence-electron chi connectivity index (χ0n) is 9.22. The summed E-state index contributed by atoms with van der Waals surface area (Å²) in [4.78, 5) is 24.2. The van der Waals surface area contributed by atoms with Crippen molar-refractivity contribution in [3.63, 3.8) is 0 Å². The maximum atomic E-state index is 12.0.